The first-order valence-corrected chi connectivity index (χ1v) is 7.84. The van der Waals surface area contributed by atoms with Gasteiger partial charge in [0.15, 0.2) is 5.78 Å². The molecule has 1 heterocycles. The van der Waals surface area contributed by atoms with Crippen LogP contribution in [0.15, 0.2) is 24.3 Å². The van der Waals surface area contributed by atoms with E-state index in [1.54, 1.807) is 11.8 Å². The predicted molar refractivity (Wildman–Crippen MR) is 92.4 cm³/mol. The highest BCUT2D eigenvalue weighted by Gasteiger charge is 2.21. The maximum Gasteiger partial charge on any atom is 0.409 e. The lowest BCUT2D eigenvalue weighted by atomic mass is 10.1. The molecule has 1 saturated heterocycles. The lowest BCUT2D eigenvalue weighted by molar-refractivity contribution is 0.0799. The first-order chi connectivity index (χ1) is 10.6. The zero-order valence-electron chi connectivity index (χ0n) is 13.8. The van der Waals surface area contributed by atoms with E-state index in [0.717, 1.165) is 44.7 Å². The second-order valence-corrected chi connectivity index (χ2v) is 5.53. The second-order valence-electron chi connectivity index (χ2n) is 5.53. The van der Waals surface area contributed by atoms with E-state index in [-0.39, 0.29) is 24.3 Å². The molecular formula is C17H25ClN2O3. The minimum Gasteiger partial charge on any atom is -0.450 e. The Morgan fingerprint density at radius 2 is 1.70 bits per heavy atom. The van der Waals surface area contributed by atoms with E-state index in [9.17, 15) is 9.59 Å². The molecule has 2 rings (SSSR count). The van der Waals surface area contributed by atoms with Gasteiger partial charge in [-0.2, -0.15) is 0 Å². The van der Waals surface area contributed by atoms with Crippen LogP contribution in [0.1, 0.15) is 29.8 Å². The number of Topliss-reactive ketones (excluding diaryl/α,β-unsaturated/α-hetero) is 1. The molecule has 1 fully saturated rings. The molecule has 1 aromatic carbocycles. The van der Waals surface area contributed by atoms with Crippen molar-refractivity contribution >= 4 is 24.3 Å². The number of rotatable bonds is 5. The Balaban J connectivity index is 0.00000264. The molecule has 0 bridgehead atoms. The van der Waals surface area contributed by atoms with Crippen LogP contribution in [0.5, 0.6) is 0 Å². The molecule has 0 atom stereocenters. The number of piperazine rings is 1. The summed E-state index contributed by atoms with van der Waals surface area (Å²) >= 11 is 0. The summed E-state index contributed by atoms with van der Waals surface area (Å²) in [6.45, 7) is 8.01. The number of ketones is 1. The second kappa shape index (κ2) is 9.53. The molecule has 1 aliphatic rings. The number of ether oxygens (including phenoxy) is 1. The first-order valence-electron chi connectivity index (χ1n) is 7.84. The van der Waals surface area contributed by atoms with Crippen LogP contribution >= 0.6 is 12.4 Å². The van der Waals surface area contributed by atoms with E-state index < -0.39 is 0 Å². The molecule has 128 valence electrons. The van der Waals surface area contributed by atoms with Gasteiger partial charge in [0.1, 0.15) is 0 Å². The van der Waals surface area contributed by atoms with Gasteiger partial charge in [0.2, 0.25) is 0 Å². The smallest absolute Gasteiger partial charge is 0.409 e. The SMILES string of the molecule is CCOC(=O)N1CCN(CCc2ccc(C(C)=O)cc2)CC1.Cl. The molecule has 0 aromatic heterocycles. The lowest BCUT2D eigenvalue weighted by Crippen LogP contribution is -2.49. The van der Waals surface area contributed by atoms with Crippen molar-refractivity contribution in [2.75, 3.05) is 39.3 Å². The van der Waals surface area contributed by atoms with E-state index in [1.807, 2.05) is 31.2 Å². The van der Waals surface area contributed by atoms with E-state index >= 15 is 0 Å². The number of carbonyl (C=O) groups excluding carboxylic acids is 2. The van der Waals surface area contributed by atoms with Crippen LogP contribution in [0.25, 0.3) is 0 Å². The van der Waals surface area contributed by atoms with Crippen LogP contribution in [-0.4, -0.2) is 61.0 Å². The van der Waals surface area contributed by atoms with Gasteiger partial charge in [-0.05, 0) is 25.8 Å². The van der Waals surface area contributed by atoms with Crippen LogP contribution in [0.2, 0.25) is 0 Å². The van der Waals surface area contributed by atoms with Crippen molar-refractivity contribution in [2.24, 2.45) is 0 Å². The van der Waals surface area contributed by atoms with Gasteiger partial charge in [0, 0.05) is 38.3 Å². The molecule has 6 heteroatoms. The molecule has 1 aromatic rings. The Hall–Kier alpha value is -1.59. The topological polar surface area (TPSA) is 49.9 Å². The normalized spacial score (nSPS) is 15.0. The average Bonchev–Trinajstić information content (AvgIpc) is 2.54. The van der Waals surface area contributed by atoms with Crippen molar-refractivity contribution in [2.45, 2.75) is 20.3 Å². The Labute approximate surface area is 144 Å². The van der Waals surface area contributed by atoms with Crippen molar-refractivity contribution in [1.29, 1.82) is 0 Å². The molecular weight excluding hydrogens is 316 g/mol. The molecule has 5 nitrogen and oxygen atoms in total. The minimum atomic E-state index is -0.207. The summed E-state index contributed by atoms with van der Waals surface area (Å²) in [7, 11) is 0. The molecule has 1 aliphatic heterocycles. The van der Waals surface area contributed by atoms with E-state index in [2.05, 4.69) is 4.90 Å². The molecule has 0 radical (unpaired) electrons. The molecule has 0 spiro atoms. The van der Waals surface area contributed by atoms with Gasteiger partial charge in [-0.3, -0.25) is 9.69 Å². The molecule has 1 amide bonds. The standard InChI is InChI=1S/C17H24N2O3.ClH/c1-3-22-17(21)19-12-10-18(11-13-19)9-8-15-4-6-16(7-5-15)14(2)20;/h4-7H,3,8-13H2,1-2H3;1H. The number of hydrogen-bond donors (Lipinski definition) is 0. The van der Waals surface area contributed by atoms with Gasteiger partial charge in [-0.25, -0.2) is 4.79 Å². The quantitative estimate of drug-likeness (QED) is 0.773. The number of carbonyl (C=O) groups is 2. The Morgan fingerprint density at radius 3 is 2.22 bits per heavy atom. The number of nitrogens with zero attached hydrogens (tertiary/aromatic N) is 2. The zero-order chi connectivity index (χ0) is 15.9. The Morgan fingerprint density at radius 1 is 1.09 bits per heavy atom. The summed E-state index contributed by atoms with van der Waals surface area (Å²) in [5.41, 5.74) is 1.99. The van der Waals surface area contributed by atoms with E-state index in [4.69, 9.17) is 4.74 Å². The third-order valence-corrected chi connectivity index (χ3v) is 3.98. The van der Waals surface area contributed by atoms with Crippen LogP contribution in [0.4, 0.5) is 4.79 Å². The molecule has 0 saturated carbocycles. The molecule has 23 heavy (non-hydrogen) atoms. The average molecular weight is 341 g/mol. The Kier molecular flexibility index (Phi) is 8.06. The van der Waals surface area contributed by atoms with Gasteiger partial charge < -0.3 is 9.64 Å². The highest BCUT2D eigenvalue weighted by Crippen LogP contribution is 2.09. The monoisotopic (exact) mass is 340 g/mol. The number of halogens is 1. The summed E-state index contributed by atoms with van der Waals surface area (Å²) in [5, 5.41) is 0. The van der Waals surface area contributed by atoms with E-state index in [1.165, 1.54) is 5.56 Å². The van der Waals surface area contributed by atoms with Crippen LogP contribution in [-0.2, 0) is 11.2 Å². The van der Waals surface area contributed by atoms with Crippen molar-refractivity contribution in [3.63, 3.8) is 0 Å². The first kappa shape index (κ1) is 19.5. The molecule has 0 unspecified atom stereocenters. The zero-order valence-corrected chi connectivity index (χ0v) is 14.6. The van der Waals surface area contributed by atoms with Crippen molar-refractivity contribution in [1.82, 2.24) is 9.80 Å². The highest BCUT2D eigenvalue weighted by atomic mass is 35.5. The van der Waals surface area contributed by atoms with Crippen LogP contribution in [0.3, 0.4) is 0 Å². The largest absolute Gasteiger partial charge is 0.450 e. The fraction of sp³-hybridized carbons (Fsp3) is 0.529. The summed E-state index contributed by atoms with van der Waals surface area (Å²) in [4.78, 5) is 27.0. The van der Waals surface area contributed by atoms with Crippen molar-refractivity contribution < 1.29 is 14.3 Å². The fourth-order valence-corrected chi connectivity index (χ4v) is 2.56. The molecule has 0 aliphatic carbocycles. The molecule has 0 N–H and O–H groups in total. The summed E-state index contributed by atoms with van der Waals surface area (Å²) in [6, 6.07) is 7.81. The maximum absolute atomic E-state index is 11.6. The van der Waals surface area contributed by atoms with Gasteiger partial charge in [-0.1, -0.05) is 24.3 Å². The lowest BCUT2D eigenvalue weighted by Gasteiger charge is -2.34. The van der Waals surface area contributed by atoms with Gasteiger partial charge in [-0.15, -0.1) is 12.4 Å². The fourth-order valence-electron chi connectivity index (χ4n) is 2.56. The third kappa shape index (κ3) is 5.84. The number of hydrogen-bond acceptors (Lipinski definition) is 4. The Bertz CT molecular complexity index is 511. The number of benzene rings is 1. The van der Waals surface area contributed by atoms with Gasteiger partial charge in [0.25, 0.3) is 0 Å². The van der Waals surface area contributed by atoms with Crippen LogP contribution in [0, 0.1) is 0 Å². The minimum absolute atomic E-state index is 0. The summed E-state index contributed by atoms with van der Waals surface area (Å²) in [6.07, 6.45) is 0.749. The number of amides is 1. The van der Waals surface area contributed by atoms with Crippen LogP contribution < -0.4 is 0 Å². The third-order valence-electron chi connectivity index (χ3n) is 3.98. The summed E-state index contributed by atoms with van der Waals surface area (Å²) < 4.78 is 5.02. The highest BCUT2D eigenvalue weighted by molar-refractivity contribution is 5.94. The predicted octanol–water partition coefficient (Wildman–Crippen LogP) is 2.63. The maximum atomic E-state index is 11.6. The van der Waals surface area contributed by atoms with Gasteiger partial charge in [0.05, 0.1) is 6.61 Å². The van der Waals surface area contributed by atoms with E-state index in [0.29, 0.717) is 6.61 Å². The summed E-state index contributed by atoms with van der Waals surface area (Å²) in [5.74, 6) is 0.0987. The van der Waals surface area contributed by atoms with Gasteiger partial charge >= 0.3 is 6.09 Å². The van der Waals surface area contributed by atoms with Crippen molar-refractivity contribution in [3.05, 3.63) is 35.4 Å². The van der Waals surface area contributed by atoms with Crippen molar-refractivity contribution in [3.8, 4) is 0 Å².